The van der Waals surface area contributed by atoms with Gasteiger partial charge >= 0.3 is 0 Å². The first kappa shape index (κ1) is 20.5. The summed E-state index contributed by atoms with van der Waals surface area (Å²) >= 11 is 3.29. The SMILES string of the molecule is CC12CCC(=O)N1c1ccccc1C(=O)N2CCC(=O)NCc1cc(Br)ccc1F. The third-order valence-electron chi connectivity index (χ3n) is 5.79. The van der Waals surface area contributed by atoms with Crippen LogP contribution in [0.3, 0.4) is 0 Å². The summed E-state index contributed by atoms with van der Waals surface area (Å²) in [4.78, 5) is 41.4. The van der Waals surface area contributed by atoms with Gasteiger partial charge in [-0.25, -0.2) is 4.39 Å². The van der Waals surface area contributed by atoms with E-state index in [-0.39, 0.29) is 37.2 Å². The number of nitrogens with zero attached hydrogens (tertiary/aromatic N) is 2. The third-order valence-corrected chi connectivity index (χ3v) is 6.29. The summed E-state index contributed by atoms with van der Waals surface area (Å²) in [6.07, 6.45) is 0.918. The number of anilines is 1. The van der Waals surface area contributed by atoms with E-state index in [1.165, 1.54) is 6.07 Å². The molecule has 1 atom stereocenters. The molecular weight excluding hydrogens is 453 g/mol. The molecule has 2 aliphatic rings. The molecule has 2 heterocycles. The Morgan fingerprint density at radius 1 is 1.23 bits per heavy atom. The van der Waals surface area contributed by atoms with E-state index in [2.05, 4.69) is 21.2 Å². The van der Waals surface area contributed by atoms with Gasteiger partial charge in [0, 0.05) is 36.0 Å². The van der Waals surface area contributed by atoms with Crippen molar-refractivity contribution in [2.45, 2.75) is 38.4 Å². The number of fused-ring (bicyclic) bond motifs is 3. The number of rotatable bonds is 5. The van der Waals surface area contributed by atoms with Crippen molar-refractivity contribution >= 4 is 39.3 Å². The molecule has 2 aromatic carbocycles. The van der Waals surface area contributed by atoms with Crippen LogP contribution in [0.25, 0.3) is 0 Å². The van der Waals surface area contributed by atoms with Crippen molar-refractivity contribution in [2.75, 3.05) is 11.4 Å². The maximum atomic E-state index is 13.9. The first-order valence-electron chi connectivity index (χ1n) is 9.76. The Morgan fingerprint density at radius 3 is 2.80 bits per heavy atom. The minimum absolute atomic E-state index is 0.0305. The predicted octanol–water partition coefficient (Wildman–Crippen LogP) is 3.59. The van der Waals surface area contributed by atoms with Crippen LogP contribution in [0.15, 0.2) is 46.9 Å². The largest absolute Gasteiger partial charge is 0.352 e. The Bertz CT molecular complexity index is 1040. The van der Waals surface area contributed by atoms with E-state index < -0.39 is 11.5 Å². The smallest absolute Gasteiger partial charge is 0.257 e. The quantitative estimate of drug-likeness (QED) is 0.721. The van der Waals surface area contributed by atoms with Gasteiger partial charge in [-0.3, -0.25) is 19.3 Å². The van der Waals surface area contributed by atoms with Gasteiger partial charge in [0.2, 0.25) is 11.8 Å². The van der Waals surface area contributed by atoms with Crippen molar-refractivity contribution in [2.24, 2.45) is 0 Å². The molecule has 8 heteroatoms. The number of hydrogen-bond donors (Lipinski definition) is 1. The number of nitrogens with one attached hydrogen (secondary N) is 1. The van der Waals surface area contributed by atoms with Gasteiger partial charge in [0.1, 0.15) is 11.5 Å². The highest BCUT2D eigenvalue weighted by Crippen LogP contribution is 2.43. The topological polar surface area (TPSA) is 69.7 Å². The zero-order valence-corrected chi connectivity index (χ0v) is 18.0. The molecule has 1 saturated heterocycles. The molecule has 1 unspecified atom stereocenters. The second-order valence-corrected chi connectivity index (χ2v) is 8.60. The van der Waals surface area contributed by atoms with Crippen LogP contribution < -0.4 is 10.2 Å². The van der Waals surface area contributed by atoms with Gasteiger partial charge in [-0.05, 0) is 43.7 Å². The number of amides is 3. The minimum atomic E-state index is -0.792. The average molecular weight is 474 g/mol. The number of carbonyl (C=O) groups is 3. The highest BCUT2D eigenvalue weighted by Gasteiger charge is 2.52. The van der Waals surface area contributed by atoms with E-state index in [0.29, 0.717) is 29.7 Å². The van der Waals surface area contributed by atoms with Crippen molar-refractivity contribution in [1.29, 1.82) is 0 Å². The maximum Gasteiger partial charge on any atom is 0.257 e. The number of carbonyl (C=O) groups excluding carboxylic acids is 3. The molecule has 0 aromatic heterocycles. The highest BCUT2D eigenvalue weighted by molar-refractivity contribution is 9.10. The number of halogens is 2. The van der Waals surface area contributed by atoms with Gasteiger partial charge in [-0.2, -0.15) is 0 Å². The van der Waals surface area contributed by atoms with Crippen molar-refractivity contribution in [3.63, 3.8) is 0 Å². The predicted molar refractivity (Wildman–Crippen MR) is 113 cm³/mol. The van der Waals surface area contributed by atoms with E-state index in [0.717, 1.165) is 4.47 Å². The zero-order chi connectivity index (χ0) is 21.5. The lowest BCUT2D eigenvalue weighted by atomic mass is 9.98. The molecule has 0 spiro atoms. The molecule has 2 aromatic rings. The summed E-state index contributed by atoms with van der Waals surface area (Å²) < 4.78 is 14.6. The second kappa shape index (κ2) is 7.83. The van der Waals surface area contributed by atoms with E-state index >= 15 is 0 Å². The summed E-state index contributed by atoms with van der Waals surface area (Å²) in [7, 11) is 0. The number of hydrogen-bond acceptors (Lipinski definition) is 3. The molecule has 156 valence electrons. The van der Waals surface area contributed by atoms with Gasteiger partial charge in [-0.1, -0.05) is 28.1 Å². The lowest BCUT2D eigenvalue weighted by Crippen LogP contribution is -2.62. The molecule has 4 rings (SSSR count). The summed E-state index contributed by atoms with van der Waals surface area (Å²) in [5.74, 6) is -0.906. The molecule has 0 aliphatic carbocycles. The summed E-state index contributed by atoms with van der Waals surface area (Å²) in [6, 6.07) is 11.6. The Kier molecular flexibility index (Phi) is 5.36. The van der Waals surface area contributed by atoms with Crippen LogP contribution in [0.5, 0.6) is 0 Å². The number of benzene rings is 2. The van der Waals surface area contributed by atoms with Gasteiger partial charge in [-0.15, -0.1) is 0 Å². The van der Waals surface area contributed by atoms with E-state index in [1.807, 2.05) is 13.0 Å². The monoisotopic (exact) mass is 473 g/mol. The molecule has 3 amide bonds. The molecule has 30 heavy (non-hydrogen) atoms. The summed E-state index contributed by atoms with van der Waals surface area (Å²) in [5.41, 5.74) is 0.666. The zero-order valence-electron chi connectivity index (χ0n) is 16.5. The lowest BCUT2D eigenvalue weighted by Gasteiger charge is -2.48. The van der Waals surface area contributed by atoms with Crippen LogP contribution in [-0.2, 0) is 16.1 Å². The maximum absolute atomic E-state index is 13.9. The normalized spacial score (nSPS) is 20.2. The van der Waals surface area contributed by atoms with Gasteiger partial charge in [0.15, 0.2) is 0 Å². The van der Waals surface area contributed by atoms with Crippen LogP contribution in [-0.4, -0.2) is 34.8 Å². The highest BCUT2D eigenvalue weighted by atomic mass is 79.9. The van der Waals surface area contributed by atoms with Crippen molar-refractivity contribution in [3.8, 4) is 0 Å². The van der Waals surface area contributed by atoms with Crippen LogP contribution in [0.4, 0.5) is 10.1 Å². The molecule has 0 bridgehead atoms. The summed E-state index contributed by atoms with van der Waals surface area (Å²) in [6.45, 7) is 2.09. The van der Waals surface area contributed by atoms with Crippen molar-refractivity contribution in [3.05, 3.63) is 63.9 Å². The fraction of sp³-hybridized carbons (Fsp3) is 0.318. The number of para-hydroxylation sites is 1. The lowest BCUT2D eigenvalue weighted by molar-refractivity contribution is -0.121. The second-order valence-electron chi connectivity index (χ2n) is 7.68. The molecular formula is C22H21BrFN3O3. The summed E-state index contributed by atoms with van der Waals surface area (Å²) in [5, 5.41) is 2.70. The van der Waals surface area contributed by atoms with Gasteiger partial charge in [0.05, 0.1) is 11.3 Å². The van der Waals surface area contributed by atoms with Gasteiger partial charge in [0.25, 0.3) is 5.91 Å². The molecule has 0 saturated carbocycles. The van der Waals surface area contributed by atoms with E-state index in [9.17, 15) is 18.8 Å². The fourth-order valence-corrected chi connectivity index (χ4v) is 4.62. The Morgan fingerprint density at radius 2 is 2.00 bits per heavy atom. The standard InChI is InChI=1S/C22H21BrFN3O3/c1-22-10-8-20(29)27(22)18-5-3-2-4-16(18)21(30)26(22)11-9-19(28)25-13-14-12-15(23)6-7-17(14)24/h2-7,12H,8-11,13H2,1H3,(H,25,28). The van der Waals surface area contributed by atoms with Crippen LogP contribution >= 0.6 is 15.9 Å². The first-order valence-corrected chi connectivity index (χ1v) is 10.6. The Labute approximate surface area is 182 Å². The van der Waals surface area contributed by atoms with Crippen molar-refractivity contribution in [1.82, 2.24) is 10.2 Å². The molecule has 2 aliphatic heterocycles. The fourth-order valence-electron chi connectivity index (χ4n) is 4.22. The van der Waals surface area contributed by atoms with E-state index in [1.54, 1.807) is 40.1 Å². The Balaban J connectivity index is 1.47. The van der Waals surface area contributed by atoms with Crippen LogP contribution in [0.2, 0.25) is 0 Å². The minimum Gasteiger partial charge on any atom is -0.352 e. The molecule has 1 fully saturated rings. The Hall–Kier alpha value is -2.74. The van der Waals surface area contributed by atoms with E-state index in [4.69, 9.17) is 0 Å². The molecule has 6 nitrogen and oxygen atoms in total. The molecule has 0 radical (unpaired) electrons. The van der Waals surface area contributed by atoms with Crippen molar-refractivity contribution < 1.29 is 18.8 Å². The first-order chi connectivity index (χ1) is 14.3. The molecule has 1 N–H and O–H groups in total. The van der Waals surface area contributed by atoms with Crippen LogP contribution in [0, 0.1) is 5.82 Å². The van der Waals surface area contributed by atoms with Crippen LogP contribution in [0.1, 0.15) is 42.1 Å². The van der Waals surface area contributed by atoms with Gasteiger partial charge < -0.3 is 10.2 Å². The third kappa shape index (κ3) is 3.49. The average Bonchev–Trinajstić information content (AvgIpc) is 3.03.